The molecule has 5 heteroatoms. The molecule has 0 bridgehead atoms. The molecule has 1 aliphatic carbocycles. The third-order valence-electron chi connectivity index (χ3n) is 5.55. The van der Waals surface area contributed by atoms with Gasteiger partial charge in [-0.05, 0) is 50.2 Å². The van der Waals surface area contributed by atoms with E-state index in [-0.39, 0.29) is 5.78 Å². The smallest absolute Gasteiger partial charge is 0.185 e. The summed E-state index contributed by atoms with van der Waals surface area (Å²) in [6, 6.07) is 1.99. The lowest BCUT2D eigenvalue weighted by Gasteiger charge is -2.20. The summed E-state index contributed by atoms with van der Waals surface area (Å²) in [5, 5.41) is 4.35. The van der Waals surface area contributed by atoms with E-state index in [1.807, 2.05) is 12.3 Å². The van der Waals surface area contributed by atoms with Gasteiger partial charge in [-0.15, -0.1) is 0 Å². The van der Waals surface area contributed by atoms with Gasteiger partial charge < -0.3 is 4.90 Å². The highest BCUT2D eigenvalue weighted by Crippen LogP contribution is 2.29. The second kappa shape index (κ2) is 7.06. The first-order chi connectivity index (χ1) is 12.6. The number of hydrogen-bond donors (Lipinski definition) is 0. The number of aromatic nitrogens is 3. The van der Waals surface area contributed by atoms with Crippen LogP contribution in [0.2, 0.25) is 0 Å². The van der Waals surface area contributed by atoms with E-state index in [2.05, 4.69) is 23.5 Å². The first-order valence-electron chi connectivity index (χ1n) is 9.64. The number of ketones is 1. The molecular formula is C21H26N4O. The highest BCUT2D eigenvalue weighted by molar-refractivity contribution is 6.26. The van der Waals surface area contributed by atoms with Gasteiger partial charge in [0.15, 0.2) is 11.4 Å². The quantitative estimate of drug-likeness (QED) is 0.781. The van der Waals surface area contributed by atoms with Crippen LogP contribution in [-0.2, 0) is 4.79 Å². The number of carbonyl (C=O) groups excluding carboxylic acids is 1. The van der Waals surface area contributed by atoms with Crippen LogP contribution < -0.4 is 4.90 Å². The van der Waals surface area contributed by atoms with Gasteiger partial charge in [0.05, 0.1) is 6.20 Å². The van der Waals surface area contributed by atoms with Crippen molar-refractivity contribution >= 4 is 22.8 Å². The van der Waals surface area contributed by atoms with Crippen LogP contribution in [0.1, 0.15) is 51.0 Å². The molecule has 2 fully saturated rings. The molecule has 1 atom stereocenters. The molecule has 2 aliphatic rings. The number of fused-ring (bicyclic) bond motifs is 1. The summed E-state index contributed by atoms with van der Waals surface area (Å²) in [5.41, 5.74) is 3.17. The summed E-state index contributed by atoms with van der Waals surface area (Å²) < 4.78 is 1.73. The molecule has 2 aromatic rings. The maximum Gasteiger partial charge on any atom is 0.185 e. The van der Waals surface area contributed by atoms with E-state index >= 15 is 0 Å². The summed E-state index contributed by atoms with van der Waals surface area (Å²) in [5.74, 6) is 1.60. The molecule has 0 spiro atoms. The van der Waals surface area contributed by atoms with Crippen LogP contribution in [0.4, 0.5) is 5.82 Å². The standard InChI is InChI=1S/C21H26N4O/c1-15-6-5-7-17(12-15)13-19(26)16(2)18-14-22-25-11-8-20(23-21(18)25)24-9-3-4-10-24/h8,11,13-15H,2-7,9-10,12H2,1H3/b17-13-/t15-/m0/s1. The van der Waals surface area contributed by atoms with E-state index in [4.69, 9.17) is 4.98 Å². The summed E-state index contributed by atoms with van der Waals surface area (Å²) in [7, 11) is 0. The van der Waals surface area contributed by atoms with E-state index in [9.17, 15) is 4.79 Å². The van der Waals surface area contributed by atoms with Crippen molar-refractivity contribution < 1.29 is 4.79 Å². The zero-order valence-electron chi connectivity index (χ0n) is 15.4. The molecule has 0 amide bonds. The van der Waals surface area contributed by atoms with E-state index in [0.29, 0.717) is 17.1 Å². The Morgan fingerprint density at radius 1 is 1.31 bits per heavy atom. The summed E-state index contributed by atoms with van der Waals surface area (Å²) in [4.78, 5) is 19.8. The van der Waals surface area contributed by atoms with E-state index in [0.717, 1.165) is 37.3 Å². The lowest BCUT2D eigenvalue weighted by Crippen LogP contribution is -2.19. The Labute approximate surface area is 154 Å². The maximum atomic E-state index is 12.8. The molecule has 2 aromatic heterocycles. The van der Waals surface area contributed by atoms with Crippen molar-refractivity contribution in [3.05, 3.63) is 42.3 Å². The topological polar surface area (TPSA) is 50.5 Å². The third kappa shape index (κ3) is 3.30. The zero-order valence-corrected chi connectivity index (χ0v) is 15.4. The Hall–Kier alpha value is -2.43. The van der Waals surface area contributed by atoms with Gasteiger partial charge in [0.25, 0.3) is 0 Å². The number of nitrogens with zero attached hydrogens (tertiary/aromatic N) is 4. The summed E-state index contributed by atoms with van der Waals surface area (Å²) >= 11 is 0. The fourth-order valence-corrected chi connectivity index (χ4v) is 4.06. The van der Waals surface area contributed by atoms with Gasteiger partial charge in [0.2, 0.25) is 0 Å². The van der Waals surface area contributed by atoms with Crippen LogP contribution in [0.3, 0.4) is 0 Å². The minimum absolute atomic E-state index is 0.0163. The minimum Gasteiger partial charge on any atom is -0.357 e. The van der Waals surface area contributed by atoms with Crippen LogP contribution >= 0.6 is 0 Å². The molecule has 5 nitrogen and oxygen atoms in total. The van der Waals surface area contributed by atoms with Gasteiger partial charge in [-0.3, -0.25) is 4.79 Å². The second-order valence-corrected chi connectivity index (χ2v) is 7.65. The van der Waals surface area contributed by atoms with Crippen molar-refractivity contribution in [2.45, 2.75) is 45.4 Å². The Bertz CT molecular complexity index is 873. The van der Waals surface area contributed by atoms with Crippen molar-refractivity contribution in [3.63, 3.8) is 0 Å². The highest BCUT2D eigenvalue weighted by atomic mass is 16.1. The lowest BCUT2D eigenvalue weighted by molar-refractivity contribution is -0.109. The largest absolute Gasteiger partial charge is 0.357 e. The van der Waals surface area contributed by atoms with Gasteiger partial charge in [-0.25, -0.2) is 9.50 Å². The van der Waals surface area contributed by atoms with Crippen molar-refractivity contribution in [2.75, 3.05) is 18.0 Å². The van der Waals surface area contributed by atoms with E-state index in [1.54, 1.807) is 16.8 Å². The molecule has 4 rings (SSSR count). The molecule has 0 unspecified atom stereocenters. The first-order valence-corrected chi connectivity index (χ1v) is 9.64. The minimum atomic E-state index is -0.0163. The monoisotopic (exact) mass is 350 g/mol. The fourth-order valence-electron chi connectivity index (χ4n) is 4.06. The lowest BCUT2D eigenvalue weighted by atomic mass is 9.86. The van der Waals surface area contributed by atoms with Crippen molar-refractivity contribution in [1.82, 2.24) is 14.6 Å². The molecule has 0 radical (unpaired) electrons. The zero-order chi connectivity index (χ0) is 18.1. The molecule has 26 heavy (non-hydrogen) atoms. The summed E-state index contributed by atoms with van der Waals surface area (Å²) in [6.45, 7) is 8.39. The van der Waals surface area contributed by atoms with Crippen LogP contribution in [0.5, 0.6) is 0 Å². The predicted octanol–water partition coefficient (Wildman–Crippen LogP) is 4.05. The maximum absolute atomic E-state index is 12.8. The number of rotatable bonds is 4. The SMILES string of the molecule is C=C(C(=O)/C=C1/CCC[C@H](C)C1)c1cnn2ccc(N3CCCC3)nc12. The fraction of sp³-hybridized carbons (Fsp3) is 0.476. The van der Waals surface area contributed by atoms with Crippen LogP contribution in [0, 0.1) is 5.92 Å². The Balaban J connectivity index is 1.60. The predicted molar refractivity (Wildman–Crippen MR) is 104 cm³/mol. The van der Waals surface area contributed by atoms with Crippen LogP contribution in [-0.4, -0.2) is 33.5 Å². The molecular weight excluding hydrogens is 324 g/mol. The van der Waals surface area contributed by atoms with Crippen molar-refractivity contribution in [3.8, 4) is 0 Å². The van der Waals surface area contributed by atoms with Crippen molar-refractivity contribution in [2.24, 2.45) is 5.92 Å². The Morgan fingerprint density at radius 2 is 2.12 bits per heavy atom. The molecule has 0 N–H and O–H groups in total. The number of hydrogen-bond acceptors (Lipinski definition) is 4. The Morgan fingerprint density at radius 3 is 2.88 bits per heavy atom. The first kappa shape index (κ1) is 17.0. The Kier molecular flexibility index (Phi) is 4.62. The number of carbonyl (C=O) groups is 1. The average molecular weight is 350 g/mol. The van der Waals surface area contributed by atoms with Crippen LogP contribution in [0.15, 0.2) is 36.7 Å². The van der Waals surface area contributed by atoms with E-state index < -0.39 is 0 Å². The van der Waals surface area contributed by atoms with Gasteiger partial charge in [-0.1, -0.05) is 25.5 Å². The summed E-state index contributed by atoms with van der Waals surface area (Å²) in [6.07, 6.45) is 12.3. The molecule has 3 heterocycles. The second-order valence-electron chi connectivity index (χ2n) is 7.65. The van der Waals surface area contributed by atoms with Crippen LogP contribution in [0.25, 0.3) is 11.2 Å². The van der Waals surface area contributed by atoms with Gasteiger partial charge >= 0.3 is 0 Å². The van der Waals surface area contributed by atoms with Gasteiger partial charge in [0, 0.05) is 30.4 Å². The molecule has 1 aliphatic heterocycles. The molecule has 136 valence electrons. The molecule has 1 saturated carbocycles. The third-order valence-corrected chi connectivity index (χ3v) is 5.55. The molecule has 0 aromatic carbocycles. The normalized spacial score (nSPS) is 22.3. The average Bonchev–Trinajstić information content (AvgIpc) is 3.30. The highest BCUT2D eigenvalue weighted by Gasteiger charge is 2.19. The number of anilines is 1. The van der Waals surface area contributed by atoms with Gasteiger partial charge in [0.1, 0.15) is 5.82 Å². The molecule has 1 saturated heterocycles. The van der Waals surface area contributed by atoms with E-state index in [1.165, 1.54) is 31.3 Å². The van der Waals surface area contributed by atoms with Crippen molar-refractivity contribution in [1.29, 1.82) is 0 Å². The van der Waals surface area contributed by atoms with Gasteiger partial charge in [-0.2, -0.15) is 5.10 Å². The number of allylic oxidation sites excluding steroid dienone is 3.